The quantitative estimate of drug-likeness (QED) is 0.861. The number of amides is 1. The Hall–Kier alpha value is -1.72. The molecule has 1 aliphatic heterocycles. The Bertz CT molecular complexity index is 520. The summed E-state index contributed by atoms with van der Waals surface area (Å²) in [5.74, 6) is -0.162. The number of hydrogen-bond donors (Lipinski definition) is 1. The van der Waals surface area contributed by atoms with E-state index in [1.165, 1.54) is 6.92 Å². The molecule has 0 saturated carbocycles. The number of anilines is 1. The Labute approximate surface area is 125 Å². The van der Waals surface area contributed by atoms with Crippen LogP contribution in [-0.4, -0.2) is 48.4 Å². The zero-order valence-electron chi connectivity index (χ0n) is 12.8. The molecule has 21 heavy (non-hydrogen) atoms. The highest BCUT2D eigenvalue weighted by Gasteiger charge is 2.23. The van der Waals surface area contributed by atoms with Crippen LogP contribution in [0, 0.1) is 0 Å². The van der Waals surface area contributed by atoms with Crippen LogP contribution in [0.1, 0.15) is 31.1 Å². The van der Waals surface area contributed by atoms with Gasteiger partial charge >= 0.3 is 0 Å². The summed E-state index contributed by atoms with van der Waals surface area (Å²) in [6.07, 6.45) is 0.261. The van der Waals surface area contributed by atoms with E-state index >= 15 is 0 Å². The number of morpholine rings is 1. The highest BCUT2D eigenvalue weighted by atomic mass is 16.5. The summed E-state index contributed by atoms with van der Waals surface area (Å²) < 4.78 is 5.65. The van der Waals surface area contributed by atoms with Crippen molar-refractivity contribution >= 4 is 17.4 Å². The molecule has 1 N–H and O–H groups in total. The number of ketones is 1. The number of Topliss-reactive ketones (excluding diaryl/α,β-unsaturated/α-hetero) is 1. The summed E-state index contributed by atoms with van der Waals surface area (Å²) in [7, 11) is 0. The Morgan fingerprint density at radius 2 is 1.86 bits per heavy atom. The van der Waals surface area contributed by atoms with Crippen LogP contribution in [0.2, 0.25) is 0 Å². The molecule has 0 aromatic heterocycles. The monoisotopic (exact) mass is 290 g/mol. The topological polar surface area (TPSA) is 58.6 Å². The highest BCUT2D eigenvalue weighted by Crippen LogP contribution is 2.16. The number of benzene rings is 1. The summed E-state index contributed by atoms with van der Waals surface area (Å²) in [6.45, 7) is 7.30. The van der Waals surface area contributed by atoms with Crippen LogP contribution < -0.4 is 5.32 Å². The van der Waals surface area contributed by atoms with Crippen LogP contribution in [0.3, 0.4) is 0 Å². The van der Waals surface area contributed by atoms with Crippen molar-refractivity contribution in [3.8, 4) is 0 Å². The minimum atomic E-state index is -0.106. The molecule has 1 heterocycles. The first-order valence-electron chi connectivity index (χ1n) is 7.23. The van der Waals surface area contributed by atoms with E-state index in [-0.39, 0.29) is 23.9 Å². The van der Waals surface area contributed by atoms with Crippen molar-refractivity contribution < 1.29 is 14.3 Å². The lowest BCUT2D eigenvalue weighted by Gasteiger charge is -2.34. The van der Waals surface area contributed by atoms with Gasteiger partial charge in [0.05, 0.1) is 24.4 Å². The van der Waals surface area contributed by atoms with Crippen LogP contribution >= 0.6 is 0 Å². The lowest BCUT2D eigenvalue weighted by atomic mass is 10.1. The summed E-state index contributed by atoms with van der Waals surface area (Å²) in [4.78, 5) is 25.8. The molecule has 1 aromatic rings. The van der Waals surface area contributed by atoms with Gasteiger partial charge in [0.1, 0.15) is 0 Å². The zero-order valence-corrected chi connectivity index (χ0v) is 12.8. The molecule has 114 valence electrons. The number of nitrogens with zero attached hydrogens (tertiary/aromatic N) is 1. The van der Waals surface area contributed by atoms with Crippen LogP contribution in [-0.2, 0) is 9.53 Å². The predicted octanol–water partition coefficient (Wildman–Crippen LogP) is 1.94. The molecule has 2 rings (SSSR count). The van der Waals surface area contributed by atoms with Gasteiger partial charge in [-0.1, -0.05) is 12.1 Å². The van der Waals surface area contributed by atoms with Crippen molar-refractivity contribution in [2.24, 2.45) is 0 Å². The van der Waals surface area contributed by atoms with E-state index in [1.54, 1.807) is 24.3 Å². The van der Waals surface area contributed by atoms with E-state index in [9.17, 15) is 9.59 Å². The molecule has 5 nitrogen and oxygen atoms in total. The van der Waals surface area contributed by atoms with Crippen molar-refractivity contribution in [3.63, 3.8) is 0 Å². The lowest BCUT2D eigenvalue weighted by Crippen LogP contribution is -2.48. The third kappa shape index (κ3) is 4.37. The molecule has 0 radical (unpaired) electrons. The number of hydrogen-bond acceptors (Lipinski definition) is 4. The third-order valence-electron chi connectivity index (χ3n) is 3.44. The fourth-order valence-corrected chi connectivity index (χ4v) is 2.71. The maximum Gasteiger partial charge on any atom is 0.238 e. The van der Waals surface area contributed by atoms with E-state index in [1.807, 2.05) is 13.8 Å². The summed E-state index contributed by atoms with van der Waals surface area (Å²) in [5, 5.41) is 2.83. The summed E-state index contributed by atoms with van der Waals surface area (Å²) in [5.41, 5.74) is 1.11. The fourth-order valence-electron chi connectivity index (χ4n) is 2.71. The van der Waals surface area contributed by atoms with Crippen LogP contribution in [0.15, 0.2) is 24.3 Å². The van der Waals surface area contributed by atoms with Crippen LogP contribution in [0.5, 0.6) is 0 Å². The number of ether oxygens (including phenoxy) is 1. The van der Waals surface area contributed by atoms with Crippen LogP contribution in [0.25, 0.3) is 0 Å². The maximum absolute atomic E-state index is 12.2. The first-order chi connectivity index (χ1) is 9.95. The smallest absolute Gasteiger partial charge is 0.238 e. The Morgan fingerprint density at radius 1 is 1.24 bits per heavy atom. The van der Waals surface area contributed by atoms with Gasteiger partial charge in [0.15, 0.2) is 5.78 Å². The van der Waals surface area contributed by atoms with Gasteiger partial charge in [-0.3, -0.25) is 14.5 Å². The fraction of sp³-hybridized carbons (Fsp3) is 0.500. The molecule has 1 aromatic carbocycles. The number of nitrogens with one attached hydrogen (secondary N) is 1. The van der Waals surface area contributed by atoms with Crippen molar-refractivity contribution in [1.82, 2.24) is 4.90 Å². The van der Waals surface area contributed by atoms with Crippen LogP contribution in [0.4, 0.5) is 5.69 Å². The molecule has 2 atom stereocenters. The van der Waals surface area contributed by atoms with Crippen molar-refractivity contribution in [1.29, 1.82) is 0 Å². The van der Waals surface area contributed by atoms with E-state index in [0.717, 1.165) is 13.1 Å². The van der Waals surface area contributed by atoms with Gasteiger partial charge in [0.2, 0.25) is 5.91 Å². The molecule has 1 aliphatic rings. The third-order valence-corrected chi connectivity index (χ3v) is 3.44. The second kappa shape index (κ2) is 6.83. The van der Waals surface area contributed by atoms with E-state index < -0.39 is 0 Å². The average molecular weight is 290 g/mol. The number of carbonyl (C=O) groups is 2. The molecule has 2 unspecified atom stereocenters. The minimum absolute atomic E-state index is 0.0560. The van der Waals surface area contributed by atoms with Gasteiger partial charge in [-0.2, -0.15) is 0 Å². The van der Waals surface area contributed by atoms with Gasteiger partial charge < -0.3 is 10.1 Å². The Balaban J connectivity index is 1.97. The zero-order chi connectivity index (χ0) is 15.4. The van der Waals surface area contributed by atoms with Gasteiger partial charge in [0.25, 0.3) is 0 Å². The second-order valence-corrected chi connectivity index (χ2v) is 5.60. The molecule has 0 aliphatic carbocycles. The largest absolute Gasteiger partial charge is 0.373 e. The van der Waals surface area contributed by atoms with Gasteiger partial charge in [-0.05, 0) is 32.9 Å². The van der Waals surface area contributed by atoms with E-state index in [4.69, 9.17) is 4.74 Å². The standard InChI is InChI=1S/C16H22N2O3/c1-11-8-18(9-12(2)21-11)10-16(20)17-15-7-5-4-6-14(15)13(3)19/h4-7,11-12H,8-10H2,1-3H3,(H,17,20). The molecule has 1 amide bonds. The number of rotatable bonds is 4. The van der Waals surface area contributed by atoms with Gasteiger partial charge in [0, 0.05) is 18.7 Å². The normalized spacial score (nSPS) is 22.8. The first kappa shape index (κ1) is 15.7. The van der Waals surface area contributed by atoms with Crippen molar-refractivity contribution in [2.75, 3.05) is 25.0 Å². The second-order valence-electron chi connectivity index (χ2n) is 5.60. The Kier molecular flexibility index (Phi) is 5.09. The van der Waals surface area contributed by atoms with E-state index in [2.05, 4.69) is 10.2 Å². The maximum atomic E-state index is 12.2. The summed E-state index contributed by atoms with van der Waals surface area (Å²) in [6, 6.07) is 7.06. The molecule has 0 bridgehead atoms. The van der Waals surface area contributed by atoms with Gasteiger partial charge in [-0.25, -0.2) is 0 Å². The Morgan fingerprint density at radius 3 is 2.48 bits per heavy atom. The first-order valence-corrected chi connectivity index (χ1v) is 7.23. The SMILES string of the molecule is CC(=O)c1ccccc1NC(=O)CN1CC(C)OC(C)C1. The van der Waals surface area contributed by atoms with E-state index in [0.29, 0.717) is 17.8 Å². The molecule has 5 heteroatoms. The van der Waals surface area contributed by atoms with Crippen molar-refractivity contribution in [3.05, 3.63) is 29.8 Å². The molecule has 0 spiro atoms. The molecule has 1 saturated heterocycles. The summed E-state index contributed by atoms with van der Waals surface area (Å²) >= 11 is 0. The van der Waals surface area contributed by atoms with Crippen molar-refractivity contribution in [2.45, 2.75) is 33.0 Å². The molecule has 1 fully saturated rings. The highest BCUT2D eigenvalue weighted by molar-refractivity contribution is 6.04. The predicted molar refractivity (Wildman–Crippen MR) is 81.5 cm³/mol. The lowest BCUT2D eigenvalue weighted by molar-refractivity contribution is -0.121. The minimum Gasteiger partial charge on any atom is -0.373 e. The average Bonchev–Trinajstić information content (AvgIpc) is 2.37. The molecular formula is C16H22N2O3. The van der Waals surface area contributed by atoms with Gasteiger partial charge in [-0.15, -0.1) is 0 Å². The number of para-hydroxylation sites is 1. The number of carbonyl (C=O) groups excluding carboxylic acids is 2. The molecular weight excluding hydrogens is 268 g/mol.